The van der Waals surface area contributed by atoms with Crippen LogP contribution in [0.25, 0.3) is 0 Å². The van der Waals surface area contributed by atoms with E-state index in [1.165, 1.54) is 0 Å². The van der Waals surface area contributed by atoms with Gasteiger partial charge in [-0.1, -0.05) is 28.1 Å². The highest BCUT2D eigenvalue weighted by atomic mass is 79.9. The van der Waals surface area contributed by atoms with Gasteiger partial charge in [0, 0.05) is 4.47 Å². The van der Waals surface area contributed by atoms with E-state index in [9.17, 15) is 5.11 Å². The first kappa shape index (κ1) is 15.1. The molecule has 2 rings (SSSR count). The predicted octanol–water partition coefficient (Wildman–Crippen LogP) is 4.46. The Morgan fingerprint density at radius 2 is 1.70 bits per heavy atom. The lowest BCUT2D eigenvalue weighted by Gasteiger charge is -2.17. The van der Waals surface area contributed by atoms with Gasteiger partial charge in [0.2, 0.25) is 0 Å². The van der Waals surface area contributed by atoms with Crippen molar-refractivity contribution in [1.29, 1.82) is 0 Å². The normalized spacial score (nSPS) is 12.3. The molecule has 0 bridgehead atoms. The molecule has 0 aromatic heterocycles. The average Bonchev–Trinajstić information content (AvgIpc) is 2.43. The number of benzene rings is 2. The van der Waals surface area contributed by atoms with Crippen molar-refractivity contribution < 1.29 is 9.84 Å². The molecule has 106 valence electrons. The summed E-state index contributed by atoms with van der Waals surface area (Å²) in [6.07, 6.45) is -0.619. The van der Waals surface area contributed by atoms with Crippen LogP contribution in [0, 0.1) is 20.8 Å². The summed E-state index contributed by atoms with van der Waals surface area (Å²) in [6.45, 7) is 6.00. The molecule has 0 fully saturated rings. The lowest BCUT2D eigenvalue weighted by Crippen LogP contribution is -2.04. The Hall–Kier alpha value is -1.32. The minimum absolute atomic E-state index is 0.619. The van der Waals surface area contributed by atoms with E-state index in [0.717, 1.165) is 38.0 Å². The summed E-state index contributed by atoms with van der Waals surface area (Å²) in [5, 5.41) is 10.6. The van der Waals surface area contributed by atoms with Crippen LogP contribution in [-0.2, 0) is 0 Å². The Kier molecular flexibility index (Phi) is 4.51. The van der Waals surface area contributed by atoms with Crippen molar-refractivity contribution in [3.8, 4) is 5.75 Å². The Labute approximate surface area is 128 Å². The molecule has 3 heteroatoms. The fraction of sp³-hybridized carbons (Fsp3) is 0.294. The molecule has 1 N–H and O–H groups in total. The minimum Gasteiger partial charge on any atom is -0.496 e. The quantitative estimate of drug-likeness (QED) is 0.897. The van der Waals surface area contributed by atoms with Gasteiger partial charge in [-0.05, 0) is 66.8 Å². The van der Waals surface area contributed by atoms with Gasteiger partial charge < -0.3 is 9.84 Å². The first-order valence-electron chi connectivity index (χ1n) is 6.53. The fourth-order valence-electron chi connectivity index (χ4n) is 2.34. The maximum Gasteiger partial charge on any atom is 0.122 e. The zero-order valence-corrected chi connectivity index (χ0v) is 13.8. The second kappa shape index (κ2) is 5.98. The van der Waals surface area contributed by atoms with Crippen molar-refractivity contribution in [2.45, 2.75) is 26.9 Å². The van der Waals surface area contributed by atoms with E-state index in [1.54, 1.807) is 7.11 Å². The van der Waals surface area contributed by atoms with Crippen molar-refractivity contribution in [2.75, 3.05) is 7.11 Å². The molecule has 0 saturated carbocycles. The number of rotatable bonds is 3. The molecule has 20 heavy (non-hydrogen) atoms. The van der Waals surface area contributed by atoms with Crippen molar-refractivity contribution in [3.05, 3.63) is 62.6 Å². The summed E-state index contributed by atoms with van der Waals surface area (Å²) in [7, 11) is 1.66. The molecular formula is C17H19BrO2. The molecule has 0 spiro atoms. The molecule has 0 saturated heterocycles. The smallest absolute Gasteiger partial charge is 0.122 e. The van der Waals surface area contributed by atoms with E-state index >= 15 is 0 Å². The molecule has 0 aliphatic rings. The van der Waals surface area contributed by atoms with Crippen LogP contribution in [0.2, 0.25) is 0 Å². The topological polar surface area (TPSA) is 29.5 Å². The highest BCUT2D eigenvalue weighted by Crippen LogP contribution is 2.31. The van der Waals surface area contributed by atoms with E-state index in [-0.39, 0.29) is 0 Å². The van der Waals surface area contributed by atoms with Gasteiger partial charge in [0.25, 0.3) is 0 Å². The number of halogens is 1. The predicted molar refractivity (Wildman–Crippen MR) is 85.4 cm³/mol. The molecule has 1 atom stereocenters. The van der Waals surface area contributed by atoms with Crippen LogP contribution in [0.5, 0.6) is 5.75 Å². The van der Waals surface area contributed by atoms with Crippen LogP contribution in [0.3, 0.4) is 0 Å². The average molecular weight is 335 g/mol. The van der Waals surface area contributed by atoms with Crippen molar-refractivity contribution >= 4 is 15.9 Å². The third-order valence-electron chi connectivity index (χ3n) is 3.58. The molecule has 0 aliphatic heterocycles. The summed E-state index contributed by atoms with van der Waals surface area (Å²) in [5.41, 5.74) is 4.99. The standard InChI is InChI=1S/C17H19BrO2/c1-10-9-16(20-4)12(3)8-14(10)17(19)13-5-6-15(18)11(2)7-13/h5-9,17,19H,1-4H3. The summed E-state index contributed by atoms with van der Waals surface area (Å²) in [6, 6.07) is 9.89. The molecule has 1 unspecified atom stereocenters. The van der Waals surface area contributed by atoms with E-state index < -0.39 is 6.10 Å². The van der Waals surface area contributed by atoms with Crippen LogP contribution in [0.15, 0.2) is 34.8 Å². The van der Waals surface area contributed by atoms with Crippen LogP contribution in [0.1, 0.15) is 33.9 Å². The molecule has 2 aromatic rings. The molecule has 0 heterocycles. The number of hydrogen-bond donors (Lipinski definition) is 1. The number of aliphatic hydroxyl groups excluding tert-OH is 1. The third-order valence-corrected chi connectivity index (χ3v) is 4.47. The Bertz CT molecular complexity index is 635. The van der Waals surface area contributed by atoms with Crippen LogP contribution < -0.4 is 4.74 Å². The summed E-state index contributed by atoms with van der Waals surface area (Å²) in [4.78, 5) is 0. The van der Waals surface area contributed by atoms with E-state index in [1.807, 2.05) is 51.1 Å². The molecular weight excluding hydrogens is 316 g/mol. The van der Waals surface area contributed by atoms with Crippen molar-refractivity contribution in [3.63, 3.8) is 0 Å². The van der Waals surface area contributed by atoms with Gasteiger partial charge in [0.1, 0.15) is 11.9 Å². The SMILES string of the molecule is COc1cc(C)c(C(O)c2ccc(Br)c(C)c2)cc1C. The molecule has 0 amide bonds. The largest absolute Gasteiger partial charge is 0.496 e. The Morgan fingerprint density at radius 3 is 2.30 bits per heavy atom. The van der Waals surface area contributed by atoms with Crippen LogP contribution in [0.4, 0.5) is 0 Å². The van der Waals surface area contributed by atoms with E-state index in [4.69, 9.17) is 4.74 Å². The van der Waals surface area contributed by atoms with Gasteiger partial charge in [0.15, 0.2) is 0 Å². The monoisotopic (exact) mass is 334 g/mol. The molecule has 2 aromatic carbocycles. The highest BCUT2D eigenvalue weighted by molar-refractivity contribution is 9.10. The van der Waals surface area contributed by atoms with Gasteiger partial charge in [0.05, 0.1) is 7.11 Å². The number of methoxy groups -OCH3 is 1. The Balaban J connectivity index is 2.45. The van der Waals surface area contributed by atoms with Crippen LogP contribution in [-0.4, -0.2) is 12.2 Å². The first-order valence-corrected chi connectivity index (χ1v) is 7.32. The third kappa shape index (κ3) is 2.89. The summed E-state index contributed by atoms with van der Waals surface area (Å²) >= 11 is 3.48. The van der Waals surface area contributed by atoms with Crippen LogP contribution >= 0.6 is 15.9 Å². The highest BCUT2D eigenvalue weighted by Gasteiger charge is 2.15. The first-order chi connectivity index (χ1) is 9.43. The zero-order chi connectivity index (χ0) is 14.9. The second-order valence-corrected chi connectivity index (χ2v) is 5.94. The van der Waals surface area contributed by atoms with Gasteiger partial charge in [-0.15, -0.1) is 0 Å². The van der Waals surface area contributed by atoms with E-state index in [0.29, 0.717) is 0 Å². The van der Waals surface area contributed by atoms with Crippen molar-refractivity contribution in [2.24, 2.45) is 0 Å². The minimum atomic E-state index is -0.619. The number of aliphatic hydroxyl groups is 1. The summed E-state index contributed by atoms with van der Waals surface area (Å²) in [5.74, 6) is 0.852. The molecule has 2 nitrogen and oxygen atoms in total. The molecule has 0 radical (unpaired) electrons. The lowest BCUT2D eigenvalue weighted by molar-refractivity contribution is 0.219. The van der Waals surface area contributed by atoms with Gasteiger partial charge in [-0.2, -0.15) is 0 Å². The van der Waals surface area contributed by atoms with Gasteiger partial charge in [-0.3, -0.25) is 0 Å². The zero-order valence-electron chi connectivity index (χ0n) is 12.2. The lowest BCUT2D eigenvalue weighted by atomic mass is 9.94. The van der Waals surface area contributed by atoms with Crippen molar-refractivity contribution in [1.82, 2.24) is 0 Å². The van der Waals surface area contributed by atoms with Gasteiger partial charge >= 0.3 is 0 Å². The maximum absolute atomic E-state index is 10.6. The summed E-state index contributed by atoms with van der Waals surface area (Å²) < 4.78 is 6.37. The van der Waals surface area contributed by atoms with E-state index in [2.05, 4.69) is 15.9 Å². The second-order valence-electron chi connectivity index (χ2n) is 5.09. The van der Waals surface area contributed by atoms with Gasteiger partial charge in [-0.25, -0.2) is 0 Å². The number of aryl methyl sites for hydroxylation is 3. The fourth-order valence-corrected chi connectivity index (χ4v) is 2.59. The Morgan fingerprint density at radius 1 is 1.00 bits per heavy atom. The number of hydrogen-bond acceptors (Lipinski definition) is 2. The molecule has 0 aliphatic carbocycles. The maximum atomic E-state index is 10.6. The number of ether oxygens (including phenoxy) is 1.